The summed E-state index contributed by atoms with van der Waals surface area (Å²) in [6.45, 7) is 9.75. The molecule has 4 rings (SSSR count). The Hall–Kier alpha value is -2.30. The third-order valence-corrected chi connectivity index (χ3v) is 7.96. The van der Waals surface area contributed by atoms with Crippen LogP contribution in [0.15, 0.2) is 75.0 Å². The quantitative estimate of drug-likeness (QED) is 0.165. The zero-order chi connectivity index (χ0) is 27.2. The summed E-state index contributed by atoms with van der Waals surface area (Å²) in [7, 11) is 0. The van der Waals surface area contributed by atoms with Crippen molar-refractivity contribution in [1.82, 2.24) is 4.90 Å². The maximum absolute atomic E-state index is 13.4. The van der Waals surface area contributed by atoms with Crippen LogP contribution in [-0.2, 0) is 11.4 Å². The molecule has 0 aromatic heterocycles. The van der Waals surface area contributed by atoms with E-state index in [1.807, 2.05) is 80.6 Å². The highest BCUT2D eigenvalue weighted by atomic mass is 127. The molecule has 3 aromatic rings. The number of hydrogen-bond acceptors (Lipinski definition) is 5. The van der Waals surface area contributed by atoms with Crippen molar-refractivity contribution >= 4 is 73.1 Å². The van der Waals surface area contributed by atoms with Crippen molar-refractivity contribution in [2.24, 2.45) is 10.9 Å². The van der Waals surface area contributed by atoms with Gasteiger partial charge in [-0.15, -0.1) is 0 Å². The van der Waals surface area contributed by atoms with Crippen molar-refractivity contribution in [3.8, 4) is 11.5 Å². The van der Waals surface area contributed by atoms with Gasteiger partial charge < -0.3 is 9.47 Å². The summed E-state index contributed by atoms with van der Waals surface area (Å²) in [6, 6.07) is 20.0. The van der Waals surface area contributed by atoms with Gasteiger partial charge in [0.05, 0.1) is 20.8 Å². The molecule has 0 atom stereocenters. The summed E-state index contributed by atoms with van der Waals surface area (Å²) in [4.78, 5) is 20.7. The number of ether oxygens (including phenoxy) is 2. The van der Waals surface area contributed by atoms with Crippen molar-refractivity contribution in [2.75, 3.05) is 13.2 Å². The van der Waals surface area contributed by atoms with Gasteiger partial charge in [-0.1, -0.05) is 59.6 Å². The van der Waals surface area contributed by atoms with Crippen molar-refractivity contribution in [3.05, 3.63) is 90.3 Å². The van der Waals surface area contributed by atoms with E-state index in [0.29, 0.717) is 47.2 Å². The zero-order valence-electron chi connectivity index (χ0n) is 21.8. The molecule has 0 aliphatic carbocycles. The van der Waals surface area contributed by atoms with Crippen molar-refractivity contribution < 1.29 is 14.3 Å². The second kappa shape index (κ2) is 13.2. The van der Waals surface area contributed by atoms with Crippen LogP contribution >= 0.6 is 50.3 Å². The first-order valence-corrected chi connectivity index (χ1v) is 15.1. The molecule has 1 fully saturated rings. The number of thioether (sulfide) groups is 1. The summed E-state index contributed by atoms with van der Waals surface area (Å²) >= 11 is 7.14. The molecule has 3 aromatic carbocycles. The molecule has 1 saturated heterocycles. The minimum atomic E-state index is -0.0295. The molecule has 0 radical (unpaired) electrons. The first-order chi connectivity index (χ1) is 18.2. The number of halogens is 2. The number of amides is 1. The van der Waals surface area contributed by atoms with E-state index in [9.17, 15) is 4.79 Å². The average Bonchev–Trinajstić information content (AvgIpc) is 3.14. The number of aliphatic imine (C=N–C) groups is 1. The SMILES string of the molecule is CCOc1cc(/C=C2/SC(=Nc3ccc(C)cc3)N(CC(C)C)C2=O)cc(I)c1OCc1ccc(Br)cc1. The number of nitrogens with zero attached hydrogens (tertiary/aromatic N) is 2. The van der Waals surface area contributed by atoms with Crippen molar-refractivity contribution in [1.29, 1.82) is 0 Å². The topological polar surface area (TPSA) is 51.1 Å². The second-order valence-electron chi connectivity index (χ2n) is 9.33. The van der Waals surface area contributed by atoms with Crippen LogP contribution < -0.4 is 9.47 Å². The normalized spacial score (nSPS) is 15.7. The lowest BCUT2D eigenvalue weighted by Gasteiger charge is -2.17. The van der Waals surface area contributed by atoms with Crippen molar-refractivity contribution in [3.63, 3.8) is 0 Å². The Morgan fingerprint density at radius 1 is 1.08 bits per heavy atom. The van der Waals surface area contributed by atoms with Crippen LogP contribution in [0.2, 0.25) is 0 Å². The summed E-state index contributed by atoms with van der Waals surface area (Å²) in [5.74, 6) is 1.64. The molecule has 0 N–H and O–H groups in total. The number of carbonyl (C=O) groups excluding carboxylic acids is 1. The molecule has 0 saturated carbocycles. The van der Waals surface area contributed by atoms with Gasteiger partial charge in [-0.2, -0.15) is 0 Å². The van der Waals surface area contributed by atoms with Crippen LogP contribution in [0.4, 0.5) is 5.69 Å². The zero-order valence-corrected chi connectivity index (χ0v) is 26.4. The molecule has 0 bridgehead atoms. The van der Waals surface area contributed by atoms with E-state index in [4.69, 9.17) is 14.5 Å². The van der Waals surface area contributed by atoms with Crippen LogP contribution in [-0.4, -0.2) is 29.1 Å². The smallest absolute Gasteiger partial charge is 0.266 e. The molecule has 5 nitrogen and oxygen atoms in total. The van der Waals surface area contributed by atoms with E-state index >= 15 is 0 Å². The molecule has 1 amide bonds. The van der Waals surface area contributed by atoms with E-state index in [-0.39, 0.29) is 5.91 Å². The van der Waals surface area contributed by atoms with Gasteiger partial charge in [-0.05, 0) is 108 Å². The highest BCUT2D eigenvalue weighted by Crippen LogP contribution is 2.39. The van der Waals surface area contributed by atoms with Gasteiger partial charge in [-0.25, -0.2) is 4.99 Å². The number of amidine groups is 1. The summed E-state index contributed by atoms with van der Waals surface area (Å²) < 4.78 is 14.1. The summed E-state index contributed by atoms with van der Waals surface area (Å²) in [6.07, 6.45) is 1.92. The molecule has 1 aliphatic rings. The van der Waals surface area contributed by atoms with Crippen LogP contribution in [0, 0.1) is 16.4 Å². The van der Waals surface area contributed by atoms with Gasteiger partial charge in [-0.3, -0.25) is 9.69 Å². The Kier molecular flexibility index (Phi) is 9.95. The first kappa shape index (κ1) is 28.7. The van der Waals surface area contributed by atoms with Gasteiger partial charge in [0.25, 0.3) is 5.91 Å². The monoisotopic (exact) mass is 704 g/mol. The molecule has 0 spiro atoms. The van der Waals surface area contributed by atoms with Crippen LogP contribution in [0.5, 0.6) is 11.5 Å². The first-order valence-electron chi connectivity index (χ1n) is 12.4. The fourth-order valence-corrected chi connectivity index (χ4v) is 5.86. The molecule has 198 valence electrons. The number of aryl methyl sites for hydroxylation is 1. The van der Waals surface area contributed by atoms with Gasteiger partial charge in [0.15, 0.2) is 16.7 Å². The highest BCUT2D eigenvalue weighted by molar-refractivity contribution is 14.1. The number of benzene rings is 3. The maximum Gasteiger partial charge on any atom is 0.266 e. The van der Waals surface area contributed by atoms with Crippen molar-refractivity contribution in [2.45, 2.75) is 34.3 Å². The van der Waals surface area contributed by atoms with E-state index < -0.39 is 0 Å². The Morgan fingerprint density at radius 3 is 2.45 bits per heavy atom. The Labute approximate surface area is 251 Å². The Balaban J connectivity index is 1.62. The predicted molar refractivity (Wildman–Crippen MR) is 169 cm³/mol. The number of rotatable bonds is 9. The fourth-order valence-electron chi connectivity index (χ4n) is 3.81. The number of carbonyl (C=O) groups is 1. The molecule has 38 heavy (non-hydrogen) atoms. The Bertz CT molecular complexity index is 1360. The fraction of sp³-hybridized carbons (Fsp3) is 0.267. The average molecular weight is 705 g/mol. The minimum Gasteiger partial charge on any atom is -0.490 e. The van der Waals surface area contributed by atoms with E-state index in [0.717, 1.165) is 24.9 Å². The lowest BCUT2D eigenvalue weighted by molar-refractivity contribution is -0.122. The van der Waals surface area contributed by atoms with E-state index in [1.165, 1.54) is 17.3 Å². The predicted octanol–water partition coefficient (Wildman–Crippen LogP) is 8.60. The van der Waals surface area contributed by atoms with Gasteiger partial charge >= 0.3 is 0 Å². The van der Waals surface area contributed by atoms with E-state index in [2.05, 4.69) is 52.4 Å². The lowest BCUT2D eigenvalue weighted by Crippen LogP contribution is -2.32. The van der Waals surface area contributed by atoms with E-state index in [1.54, 1.807) is 4.90 Å². The Morgan fingerprint density at radius 2 is 1.79 bits per heavy atom. The lowest BCUT2D eigenvalue weighted by atomic mass is 10.1. The van der Waals surface area contributed by atoms with Crippen LogP contribution in [0.25, 0.3) is 6.08 Å². The number of hydrogen-bond donors (Lipinski definition) is 0. The largest absolute Gasteiger partial charge is 0.490 e. The standard InChI is InChI=1S/C30H30BrIN2O3S/c1-5-36-26-15-22(14-25(32)28(26)37-18-21-8-10-23(31)11-9-21)16-27-29(35)34(17-19(2)3)30(38-27)33-24-12-6-20(4)7-13-24/h6-16,19H,5,17-18H2,1-4H3/b27-16+,33-30?. The van der Waals surface area contributed by atoms with Gasteiger partial charge in [0.2, 0.25) is 0 Å². The van der Waals surface area contributed by atoms with Gasteiger partial charge in [0.1, 0.15) is 6.61 Å². The highest BCUT2D eigenvalue weighted by Gasteiger charge is 2.34. The molecular formula is C30H30BrIN2O3S. The second-order valence-corrected chi connectivity index (χ2v) is 12.4. The van der Waals surface area contributed by atoms with Crippen LogP contribution in [0.3, 0.4) is 0 Å². The minimum absolute atomic E-state index is 0.0295. The van der Waals surface area contributed by atoms with Gasteiger partial charge in [0, 0.05) is 11.0 Å². The third kappa shape index (κ3) is 7.42. The van der Waals surface area contributed by atoms with Crippen LogP contribution in [0.1, 0.15) is 37.5 Å². The summed E-state index contributed by atoms with van der Waals surface area (Å²) in [5.41, 5.74) is 3.95. The molecule has 1 aliphatic heterocycles. The summed E-state index contributed by atoms with van der Waals surface area (Å²) in [5, 5.41) is 0.702. The molecule has 8 heteroatoms. The molecular weight excluding hydrogens is 675 g/mol. The molecule has 1 heterocycles. The maximum atomic E-state index is 13.4. The molecule has 0 unspecified atom stereocenters. The third-order valence-electron chi connectivity index (χ3n) is 5.62.